The molecule has 2 fully saturated rings. The van der Waals surface area contributed by atoms with Gasteiger partial charge in [-0.2, -0.15) is 0 Å². The number of amidine groups is 2. The van der Waals surface area contributed by atoms with Gasteiger partial charge >= 0.3 is 12.2 Å². The Kier molecular flexibility index (Phi) is 25.6. The van der Waals surface area contributed by atoms with Crippen LogP contribution in [0.3, 0.4) is 0 Å². The van der Waals surface area contributed by atoms with Crippen LogP contribution in [0.2, 0.25) is 56.5 Å². The average molecular weight is 1480 g/mol. The number of aliphatic imine (C=N–C) groups is 2. The monoisotopic (exact) mass is 1480 g/mol. The minimum Gasteiger partial charge on any atom is -0.463 e. The third kappa shape index (κ3) is 20.7. The lowest BCUT2D eigenvalue weighted by Crippen LogP contribution is -2.47. The molecule has 2 aromatic heterocycles. The molecule has 4 aliphatic rings. The number of sulfone groups is 2. The van der Waals surface area contributed by atoms with E-state index in [4.69, 9.17) is 56.8 Å². The van der Waals surface area contributed by atoms with Gasteiger partial charge in [0.25, 0.3) is 0 Å². The molecule has 2 aliphatic carbocycles. The summed E-state index contributed by atoms with van der Waals surface area (Å²) in [4.78, 5) is 55.0. The van der Waals surface area contributed by atoms with Crippen molar-refractivity contribution in [3.63, 3.8) is 0 Å². The molecule has 20 nitrogen and oxygen atoms in total. The van der Waals surface area contributed by atoms with E-state index in [2.05, 4.69) is 71.6 Å². The zero-order chi connectivity index (χ0) is 72.7. The van der Waals surface area contributed by atoms with Crippen molar-refractivity contribution in [1.29, 1.82) is 0 Å². The summed E-state index contributed by atoms with van der Waals surface area (Å²) in [6.45, 7) is 26.9. The summed E-state index contributed by atoms with van der Waals surface area (Å²) in [5.41, 5.74) is -4.10. The van der Waals surface area contributed by atoms with Crippen LogP contribution in [-0.2, 0) is 49.7 Å². The third-order valence-electron chi connectivity index (χ3n) is 15.4. The number of fused-ring (bicyclic) bond motifs is 2. The van der Waals surface area contributed by atoms with Gasteiger partial charge in [0.05, 0.1) is 35.9 Å². The summed E-state index contributed by atoms with van der Waals surface area (Å²) >= 11 is 7.66. The number of amides is 2. The molecular formula is C66H85ClF4N8O12S4Si2. The van der Waals surface area contributed by atoms with Crippen molar-refractivity contribution in [3.05, 3.63) is 112 Å². The molecule has 528 valence electrons. The number of aromatic nitrogens is 4. The molecule has 1 N–H and O–H groups in total. The third-order valence-corrected chi connectivity index (χ3v) is 27.3. The van der Waals surface area contributed by atoms with Crippen molar-refractivity contribution in [3.8, 4) is 30.6 Å². The molecule has 8 rings (SSSR count). The molecule has 2 aliphatic heterocycles. The number of aliphatic hydroxyl groups excluding tert-OH is 1. The number of thioether (sulfide) groups is 2. The second-order valence-electron chi connectivity index (χ2n) is 28.3. The Hall–Kier alpha value is -6.20. The molecule has 0 saturated heterocycles. The van der Waals surface area contributed by atoms with Gasteiger partial charge in [0, 0.05) is 64.8 Å². The minimum absolute atomic E-state index is 0.0189. The molecule has 4 heterocycles. The second-order valence-corrected chi connectivity index (χ2v) is 47.6. The van der Waals surface area contributed by atoms with Gasteiger partial charge in [-0.25, -0.2) is 73.7 Å². The van der Waals surface area contributed by atoms with Gasteiger partial charge in [0.2, 0.25) is 5.88 Å². The summed E-state index contributed by atoms with van der Waals surface area (Å²) in [5, 5.41) is 7.82. The number of halogens is 5. The van der Waals surface area contributed by atoms with E-state index in [9.17, 15) is 26.4 Å². The number of hydrogen-bond acceptors (Lipinski definition) is 20. The van der Waals surface area contributed by atoms with Crippen LogP contribution in [0.4, 0.5) is 27.2 Å². The van der Waals surface area contributed by atoms with Crippen molar-refractivity contribution in [2.45, 2.75) is 150 Å². The van der Waals surface area contributed by atoms with Crippen LogP contribution < -0.4 is 4.74 Å². The smallest absolute Gasteiger partial charge is 0.418 e. The van der Waals surface area contributed by atoms with Gasteiger partial charge in [0.15, 0.2) is 48.3 Å². The van der Waals surface area contributed by atoms with Crippen LogP contribution in [0, 0.1) is 48.2 Å². The zero-order valence-electron chi connectivity index (χ0n) is 57.3. The number of ether oxygens (including phenoxy) is 5. The number of terminal acetylenes is 2. The van der Waals surface area contributed by atoms with Gasteiger partial charge in [-0.1, -0.05) is 98.4 Å². The molecule has 2 amide bonds. The van der Waals surface area contributed by atoms with Crippen molar-refractivity contribution >= 4 is 117 Å². The Morgan fingerprint density at radius 3 is 1.39 bits per heavy atom. The van der Waals surface area contributed by atoms with Crippen LogP contribution in [0.25, 0.3) is 23.8 Å². The Morgan fingerprint density at radius 2 is 1.07 bits per heavy atom. The van der Waals surface area contributed by atoms with Crippen molar-refractivity contribution in [2.75, 3.05) is 52.4 Å². The van der Waals surface area contributed by atoms with Gasteiger partial charge in [-0.15, -0.1) is 12.8 Å². The number of carbonyl (C=O) groups is 2. The van der Waals surface area contributed by atoms with Crippen LogP contribution in [0.15, 0.2) is 71.2 Å². The summed E-state index contributed by atoms with van der Waals surface area (Å²) in [6.07, 6.45) is 17.9. The van der Waals surface area contributed by atoms with Gasteiger partial charge in [-0.05, 0) is 128 Å². The highest BCUT2D eigenvalue weighted by atomic mass is 35.5. The number of nitrogens with zero attached hydrogens (tertiary/aromatic N) is 8. The van der Waals surface area contributed by atoms with E-state index in [1.54, 1.807) is 55.4 Å². The van der Waals surface area contributed by atoms with Crippen molar-refractivity contribution in [2.24, 2.45) is 21.8 Å². The number of benzene rings is 2. The predicted molar refractivity (Wildman–Crippen MR) is 380 cm³/mol. The molecule has 31 heteroatoms. The Labute approximate surface area is 582 Å². The SMILES string of the molecule is C#CCO.C#CCOc1cnc(/C(F)=C/c2ccc(F)c([C@@]3(C)N=C(N(COCC[Si](C)(C)C)C(=O)OC(C)(C)C)S[C@@]4(S(C)(=O)=O)C[C@H]43)c2)cn1.CC(C)(C)OC(=O)N(COCC[Si](C)(C)C)C1=N[C@](C)(c2cc(/C=C(\F)c3cnc(Cl)cn3)ccc2F)[C@@H]2C[C@]2(S(C)(=O)=O)S1. The van der Waals surface area contributed by atoms with Crippen LogP contribution in [0.5, 0.6) is 5.88 Å². The maximum absolute atomic E-state index is 15.8. The first-order valence-corrected chi connectivity index (χ1v) is 43.9. The molecule has 0 spiro atoms. The number of carbonyl (C=O) groups excluding carboxylic acids is 2. The Bertz CT molecular complexity index is 4010. The lowest BCUT2D eigenvalue weighted by Gasteiger charge is -2.37. The zero-order valence-corrected chi connectivity index (χ0v) is 63.4. The fraction of sp³-hybridized carbons (Fsp3) is 0.515. The van der Waals surface area contributed by atoms with Crippen LogP contribution in [-0.4, -0.2) is 162 Å². The molecule has 0 radical (unpaired) electrons. The highest BCUT2D eigenvalue weighted by Gasteiger charge is 2.74. The first kappa shape index (κ1) is 79.8. The number of hydrogen-bond donors (Lipinski definition) is 1. The fourth-order valence-corrected chi connectivity index (χ4v) is 18.7. The van der Waals surface area contributed by atoms with Crippen molar-refractivity contribution in [1.82, 2.24) is 29.7 Å². The first-order valence-electron chi connectivity index (χ1n) is 30.6. The topological polar surface area (TPSA) is 252 Å². The summed E-state index contributed by atoms with van der Waals surface area (Å²) in [6, 6.07) is 9.67. The predicted octanol–water partition coefficient (Wildman–Crippen LogP) is 13.7. The maximum atomic E-state index is 15.8. The number of rotatable bonds is 20. The molecule has 2 aromatic carbocycles. The summed E-state index contributed by atoms with van der Waals surface area (Å²) in [7, 11) is -10.4. The van der Waals surface area contributed by atoms with E-state index < -0.39 is 114 Å². The quantitative estimate of drug-likeness (QED) is 0.0284. The highest BCUT2D eigenvalue weighted by Crippen LogP contribution is 2.70. The van der Waals surface area contributed by atoms with E-state index >= 15 is 17.6 Å². The van der Waals surface area contributed by atoms with Gasteiger partial charge in [-0.3, -0.25) is 9.98 Å². The van der Waals surface area contributed by atoms with E-state index in [0.29, 0.717) is 18.8 Å². The molecule has 0 unspecified atom stereocenters. The lowest BCUT2D eigenvalue weighted by atomic mass is 9.86. The first-order chi connectivity index (χ1) is 44.8. The highest BCUT2D eigenvalue weighted by molar-refractivity contribution is 8.24. The fourth-order valence-electron chi connectivity index (χ4n) is 10.2. The van der Waals surface area contributed by atoms with Crippen molar-refractivity contribution < 1.29 is 72.8 Å². The van der Waals surface area contributed by atoms with E-state index in [-0.39, 0.29) is 89.0 Å². The van der Waals surface area contributed by atoms with E-state index in [1.165, 1.54) is 77.1 Å². The summed E-state index contributed by atoms with van der Waals surface area (Å²) in [5.74, 6) is 0.366. The molecule has 2 saturated carbocycles. The summed E-state index contributed by atoms with van der Waals surface area (Å²) < 4.78 is 141. The maximum Gasteiger partial charge on any atom is 0.418 e. The van der Waals surface area contributed by atoms with Gasteiger partial charge < -0.3 is 28.8 Å². The molecule has 0 bridgehead atoms. The normalized spacial score (nSPS) is 22.4. The average Bonchev–Trinajstić information content (AvgIpc) is 1.52. The largest absolute Gasteiger partial charge is 0.463 e. The standard InChI is InChI=1S/C33H42F2N4O6S2Si.C30H39ClF2N4O5S2Si.C3H4O/c1-10-13-44-28-20-36-26(19-37-28)25(35)17-22-11-12-24(34)23(16-22)32(5)27-18-33(27,47(6,41)42)46-29(38-32)39(30(40)45-31(2,3)4)21-43-14-15-48(7,8)9;1-28(2,3)42-27(38)37(18-41-11-12-45(6,7)8)26-36-29(4,24-15-30(24,43-26)44(5,39)40)20-13-19(9-10-21(20)32)14-22(33)23-16-35-25(31)17-34-23;1-2-3-4/h1,11-12,16-17,19-20,27H,13-15,18,21H2,2-9H3;9-10,13-14,16-17,24H,11-12,15,18H2,1-8H3;1,4H,3H2/b25-17-;22-14-;/t27-,32+,33+;24-,29+,30+;/m00./s1. The lowest BCUT2D eigenvalue weighted by molar-refractivity contribution is 0.00982. The molecule has 6 atom stereocenters. The second kappa shape index (κ2) is 31.1. The number of aliphatic hydroxyl groups is 1. The molecular weight excluding hydrogens is 1390 g/mol. The molecule has 97 heavy (non-hydrogen) atoms. The van der Waals surface area contributed by atoms with Crippen LogP contribution in [0.1, 0.15) is 102 Å². The Balaban J connectivity index is 0.000000291. The van der Waals surface area contributed by atoms with Gasteiger partial charge in [0.1, 0.15) is 67.6 Å². The van der Waals surface area contributed by atoms with E-state index in [1.807, 2.05) is 5.92 Å². The van der Waals surface area contributed by atoms with E-state index in [0.717, 1.165) is 54.2 Å². The minimum atomic E-state index is -3.75. The Morgan fingerprint density at radius 1 is 0.680 bits per heavy atom. The molecule has 4 aromatic rings. The van der Waals surface area contributed by atoms with Crippen LogP contribution >= 0.6 is 35.1 Å².